The number of carbonyl (C=O) groups excluding carboxylic acids is 3. The lowest BCUT2D eigenvalue weighted by molar-refractivity contribution is -0.124. The van der Waals surface area contributed by atoms with Gasteiger partial charge in [-0.1, -0.05) is 31.9 Å². The van der Waals surface area contributed by atoms with Crippen molar-refractivity contribution in [3.63, 3.8) is 0 Å². The lowest BCUT2D eigenvalue weighted by atomic mass is 10.1. The first kappa shape index (κ1) is 35.8. The Labute approximate surface area is 255 Å². The van der Waals surface area contributed by atoms with Crippen molar-refractivity contribution in [2.75, 3.05) is 59.3 Å². The van der Waals surface area contributed by atoms with Crippen molar-refractivity contribution in [1.82, 2.24) is 30.9 Å². The largest absolute Gasteiger partial charge is 0.377 e. The lowest BCUT2D eigenvalue weighted by Crippen LogP contribution is -2.31. The van der Waals surface area contributed by atoms with Crippen LogP contribution in [-0.2, 0) is 25.4 Å². The van der Waals surface area contributed by atoms with Crippen LogP contribution in [-0.4, -0.2) is 92.0 Å². The molecule has 0 aliphatic rings. The summed E-state index contributed by atoms with van der Waals surface area (Å²) in [6.07, 6.45) is 6.99. The molecule has 0 saturated heterocycles. The van der Waals surface area contributed by atoms with Gasteiger partial charge in [-0.05, 0) is 57.4 Å². The smallest absolute Gasteiger partial charge is 0.251 e. The molecule has 0 fully saturated rings. The minimum Gasteiger partial charge on any atom is -0.377 e. The zero-order valence-electron chi connectivity index (χ0n) is 26.2. The van der Waals surface area contributed by atoms with Crippen molar-refractivity contribution in [2.45, 2.75) is 65.8 Å². The first-order chi connectivity index (χ1) is 20.8. The molecule has 0 aliphatic carbocycles. The van der Waals surface area contributed by atoms with Crippen LogP contribution in [0, 0.1) is 5.92 Å². The molecular weight excluding hydrogens is 552 g/mol. The van der Waals surface area contributed by atoms with Gasteiger partial charge in [-0.25, -0.2) is 4.68 Å². The lowest BCUT2D eigenvalue weighted by Gasteiger charge is -2.09. The molecule has 1 heterocycles. The molecule has 0 bridgehead atoms. The molecule has 1 aromatic heterocycles. The third-order valence-electron chi connectivity index (χ3n) is 6.49. The Kier molecular flexibility index (Phi) is 17.8. The Balaban J connectivity index is 1.44. The first-order valence-corrected chi connectivity index (χ1v) is 15.4. The molecule has 0 spiro atoms. The summed E-state index contributed by atoms with van der Waals surface area (Å²) < 4.78 is 18.2. The summed E-state index contributed by atoms with van der Waals surface area (Å²) in [4.78, 5) is 36.2. The monoisotopic (exact) mass is 602 g/mol. The van der Waals surface area contributed by atoms with Crippen molar-refractivity contribution in [1.29, 1.82) is 0 Å². The van der Waals surface area contributed by atoms with E-state index in [-0.39, 0.29) is 23.6 Å². The van der Waals surface area contributed by atoms with Gasteiger partial charge in [0.15, 0.2) is 0 Å². The van der Waals surface area contributed by atoms with E-state index in [1.807, 2.05) is 24.7 Å². The second-order valence-corrected chi connectivity index (χ2v) is 10.8. The van der Waals surface area contributed by atoms with Gasteiger partial charge >= 0.3 is 0 Å². The predicted octanol–water partition coefficient (Wildman–Crippen LogP) is 2.94. The molecule has 0 atom stereocenters. The van der Waals surface area contributed by atoms with Crippen LogP contribution < -0.4 is 16.0 Å². The SMILES string of the molecule is CC(C)C(=O)NCCOCCOCCOCCNC(=O)c1ccc(C(=O)NCCCCCCc2cn(C(C)C)nn2)cc1. The molecule has 0 unspecified atom stereocenters. The molecule has 3 N–H and O–H groups in total. The minimum atomic E-state index is -0.222. The van der Waals surface area contributed by atoms with E-state index < -0.39 is 0 Å². The fourth-order valence-corrected chi connectivity index (χ4v) is 3.87. The van der Waals surface area contributed by atoms with Gasteiger partial charge in [0.1, 0.15) is 0 Å². The van der Waals surface area contributed by atoms with Gasteiger partial charge in [-0.3, -0.25) is 14.4 Å². The molecule has 1 aromatic carbocycles. The standard InChI is InChI=1S/C31H50N6O6/c1-24(2)29(38)33-15-17-41-19-21-43-22-20-42-18-16-34-31(40)27-12-10-26(11-13-27)30(39)32-14-8-6-5-7-9-28-23-37(25(3)4)36-35-28/h10-13,23-25H,5-9,14-22H2,1-4H3,(H,32,39)(H,33,38)(H,34,40). The minimum absolute atomic E-state index is 0.0141. The fraction of sp³-hybridized carbons (Fsp3) is 0.645. The van der Waals surface area contributed by atoms with Gasteiger partial charge in [0.2, 0.25) is 5.91 Å². The number of ether oxygens (including phenoxy) is 3. The molecule has 0 saturated carbocycles. The van der Waals surface area contributed by atoms with E-state index in [0.717, 1.165) is 37.8 Å². The maximum absolute atomic E-state index is 12.4. The van der Waals surface area contributed by atoms with Gasteiger partial charge in [0.05, 0.1) is 45.3 Å². The maximum atomic E-state index is 12.4. The quantitative estimate of drug-likeness (QED) is 0.165. The normalized spacial score (nSPS) is 11.2. The van der Waals surface area contributed by atoms with Crippen molar-refractivity contribution < 1.29 is 28.6 Å². The van der Waals surface area contributed by atoms with Gasteiger partial charge in [0.25, 0.3) is 11.8 Å². The number of aromatic nitrogens is 3. The summed E-state index contributed by atoms with van der Waals surface area (Å²) in [5.74, 6) is -0.383. The number of nitrogens with one attached hydrogen (secondary N) is 3. The second-order valence-electron chi connectivity index (χ2n) is 10.8. The Morgan fingerprint density at radius 3 is 1.74 bits per heavy atom. The molecule has 12 heteroatoms. The van der Waals surface area contributed by atoms with E-state index >= 15 is 0 Å². The predicted molar refractivity (Wildman–Crippen MR) is 164 cm³/mol. The number of benzene rings is 1. The number of rotatable bonds is 23. The second kappa shape index (κ2) is 21.4. The number of amides is 3. The third kappa shape index (κ3) is 15.6. The molecule has 12 nitrogen and oxygen atoms in total. The molecule has 240 valence electrons. The van der Waals surface area contributed by atoms with Gasteiger partial charge in [-0.2, -0.15) is 0 Å². The number of hydrogen-bond donors (Lipinski definition) is 3. The summed E-state index contributed by atoms with van der Waals surface area (Å²) in [6, 6.07) is 6.94. The van der Waals surface area contributed by atoms with Crippen LogP contribution in [0.2, 0.25) is 0 Å². The van der Waals surface area contributed by atoms with Crippen LogP contribution in [0.1, 0.15) is 85.8 Å². The summed E-state index contributed by atoms with van der Waals surface area (Å²) in [7, 11) is 0. The van der Waals surface area contributed by atoms with Crippen molar-refractivity contribution in [3.05, 3.63) is 47.3 Å². The Morgan fingerprint density at radius 1 is 0.698 bits per heavy atom. The molecule has 2 rings (SSSR count). The Hall–Kier alpha value is -3.35. The van der Waals surface area contributed by atoms with Crippen molar-refractivity contribution in [2.24, 2.45) is 5.92 Å². The van der Waals surface area contributed by atoms with Crippen molar-refractivity contribution in [3.8, 4) is 0 Å². The van der Waals surface area contributed by atoms with E-state index in [4.69, 9.17) is 14.2 Å². The average Bonchev–Trinajstić information content (AvgIpc) is 3.48. The van der Waals surface area contributed by atoms with Gasteiger partial charge < -0.3 is 30.2 Å². The Bertz CT molecular complexity index is 1070. The van der Waals surface area contributed by atoms with Crippen LogP contribution in [0.25, 0.3) is 0 Å². The number of nitrogens with zero attached hydrogens (tertiary/aromatic N) is 3. The van der Waals surface area contributed by atoms with Gasteiger partial charge in [0, 0.05) is 48.9 Å². The number of carbonyl (C=O) groups is 3. The zero-order chi connectivity index (χ0) is 31.3. The molecule has 2 aromatic rings. The van der Waals surface area contributed by atoms with Crippen LogP contribution in [0.5, 0.6) is 0 Å². The number of aryl methyl sites for hydroxylation is 1. The van der Waals surface area contributed by atoms with E-state index in [0.29, 0.717) is 76.4 Å². The zero-order valence-corrected chi connectivity index (χ0v) is 26.2. The highest BCUT2D eigenvalue weighted by Crippen LogP contribution is 2.08. The average molecular weight is 603 g/mol. The Morgan fingerprint density at radius 2 is 1.21 bits per heavy atom. The summed E-state index contributed by atoms with van der Waals surface area (Å²) in [5.41, 5.74) is 2.03. The number of unbranched alkanes of at least 4 members (excludes halogenated alkanes) is 3. The fourth-order valence-electron chi connectivity index (χ4n) is 3.87. The highest BCUT2D eigenvalue weighted by molar-refractivity contribution is 5.97. The van der Waals surface area contributed by atoms with E-state index in [9.17, 15) is 14.4 Å². The van der Waals surface area contributed by atoms with Crippen LogP contribution in [0.4, 0.5) is 0 Å². The molecular formula is C31H50N6O6. The highest BCUT2D eigenvalue weighted by Gasteiger charge is 2.09. The summed E-state index contributed by atoms with van der Waals surface area (Å²) in [5, 5.41) is 16.9. The van der Waals surface area contributed by atoms with Crippen LogP contribution >= 0.6 is 0 Å². The third-order valence-corrected chi connectivity index (χ3v) is 6.49. The molecule has 3 amide bonds. The molecule has 0 radical (unpaired) electrons. The van der Waals surface area contributed by atoms with Gasteiger partial charge in [-0.15, -0.1) is 5.10 Å². The molecule has 0 aliphatic heterocycles. The topological polar surface area (TPSA) is 146 Å². The van der Waals surface area contributed by atoms with E-state index in [1.54, 1.807) is 24.3 Å². The number of hydrogen-bond acceptors (Lipinski definition) is 8. The maximum Gasteiger partial charge on any atom is 0.251 e. The summed E-state index contributed by atoms with van der Waals surface area (Å²) in [6.45, 7) is 11.8. The van der Waals surface area contributed by atoms with Crippen LogP contribution in [0.3, 0.4) is 0 Å². The van der Waals surface area contributed by atoms with Crippen LogP contribution in [0.15, 0.2) is 30.5 Å². The first-order valence-electron chi connectivity index (χ1n) is 15.4. The highest BCUT2D eigenvalue weighted by atomic mass is 16.5. The molecule has 43 heavy (non-hydrogen) atoms. The summed E-state index contributed by atoms with van der Waals surface area (Å²) >= 11 is 0. The van der Waals surface area contributed by atoms with Crippen molar-refractivity contribution >= 4 is 17.7 Å². The van der Waals surface area contributed by atoms with E-state index in [2.05, 4.69) is 40.1 Å². The van der Waals surface area contributed by atoms with E-state index in [1.165, 1.54) is 0 Å².